The third kappa shape index (κ3) is 2.67. The van der Waals surface area contributed by atoms with Crippen molar-refractivity contribution in [3.8, 4) is 0 Å². The van der Waals surface area contributed by atoms with Crippen LogP contribution in [0.2, 0.25) is 0 Å². The number of rotatable bonds is 4. The highest BCUT2D eigenvalue weighted by molar-refractivity contribution is 7.15. The summed E-state index contributed by atoms with van der Waals surface area (Å²) >= 11 is 1.67. The molecule has 0 spiro atoms. The molecule has 2 aromatic heterocycles. The molecular weight excluding hydrogens is 260 g/mol. The van der Waals surface area contributed by atoms with Gasteiger partial charge in [-0.2, -0.15) is 0 Å². The summed E-state index contributed by atoms with van der Waals surface area (Å²) in [6.45, 7) is 2.60. The predicted molar refractivity (Wildman–Crippen MR) is 76.4 cm³/mol. The fourth-order valence-corrected chi connectivity index (χ4v) is 3.51. The molecule has 1 fully saturated rings. The van der Waals surface area contributed by atoms with Crippen molar-refractivity contribution in [1.82, 2.24) is 14.3 Å². The van der Waals surface area contributed by atoms with Gasteiger partial charge in [0, 0.05) is 50.6 Å². The molecule has 5 nitrogen and oxygen atoms in total. The van der Waals surface area contributed by atoms with Crippen molar-refractivity contribution in [2.24, 2.45) is 5.73 Å². The Labute approximate surface area is 117 Å². The van der Waals surface area contributed by atoms with Gasteiger partial charge in [0.15, 0.2) is 4.96 Å². The SMILES string of the molecule is COC1CCN(Cc2cn3ccsc3n2)C(CN)C1. The zero-order valence-corrected chi connectivity index (χ0v) is 12.0. The maximum atomic E-state index is 5.90. The second kappa shape index (κ2) is 5.58. The normalized spacial score (nSPS) is 25.2. The van der Waals surface area contributed by atoms with Crippen LogP contribution in [0.4, 0.5) is 0 Å². The molecule has 1 aliphatic heterocycles. The average Bonchev–Trinajstić information content (AvgIpc) is 3.00. The number of aromatic nitrogens is 2. The average molecular weight is 280 g/mol. The van der Waals surface area contributed by atoms with E-state index in [9.17, 15) is 0 Å². The van der Waals surface area contributed by atoms with E-state index in [4.69, 9.17) is 10.5 Å². The van der Waals surface area contributed by atoms with Gasteiger partial charge in [0.25, 0.3) is 0 Å². The molecule has 19 heavy (non-hydrogen) atoms. The maximum absolute atomic E-state index is 5.90. The van der Waals surface area contributed by atoms with Crippen LogP contribution in [0.3, 0.4) is 0 Å². The molecule has 2 atom stereocenters. The molecule has 3 heterocycles. The topological polar surface area (TPSA) is 55.8 Å². The van der Waals surface area contributed by atoms with Crippen molar-refractivity contribution in [1.29, 1.82) is 0 Å². The van der Waals surface area contributed by atoms with Crippen LogP contribution in [0, 0.1) is 0 Å². The number of hydrogen-bond acceptors (Lipinski definition) is 5. The molecule has 0 amide bonds. The lowest BCUT2D eigenvalue weighted by Crippen LogP contribution is -2.48. The van der Waals surface area contributed by atoms with Crippen LogP contribution in [0.5, 0.6) is 0 Å². The first-order valence-corrected chi connectivity index (χ1v) is 7.56. The van der Waals surface area contributed by atoms with E-state index in [1.54, 1.807) is 18.4 Å². The second-order valence-corrected chi connectivity index (χ2v) is 5.94. The lowest BCUT2D eigenvalue weighted by atomic mass is 9.99. The zero-order chi connectivity index (χ0) is 13.2. The quantitative estimate of drug-likeness (QED) is 0.918. The standard InChI is InChI=1S/C13H20N4OS/c1-18-12-2-3-16(11(6-12)7-14)8-10-9-17-4-5-19-13(17)15-10/h4-5,9,11-12H,2-3,6-8,14H2,1H3. The summed E-state index contributed by atoms with van der Waals surface area (Å²) in [6.07, 6.45) is 6.62. The molecule has 0 saturated carbocycles. The molecule has 3 rings (SSSR count). The number of piperidine rings is 1. The van der Waals surface area contributed by atoms with E-state index in [2.05, 4.69) is 25.9 Å². The van der Waals surface area contributed by atoms with Gasteiger partial charge < -0.3 is 10.5 Å². The van der Waals surface area contributed by atoms with E-state index in [0.29, 0.717) is 18.7 Å². The second-order valence-electron chi connectivity index (χ2n) is 5.07. The molecule has 2 N–H and O–H groups in total. The third-order valence-corrected chi connectivity index (χ3v) is 4.67. The Morgan fingerprint density at radius 1 is 1.58 bits per heavy atom. The Bertz CT molecular complexity index is 509. The van der Waals surface area contributed by atoms with Gasteiger partial charge in [0.05, 0.1) is 11.8 Å². The molecule has 1 aliphatic rings. The summed E-state index contributed by atoms with van der Waals surface area (Å²) in [7, 11) is 1.79. The molecule has 1 saturated heterocycles. The van der Waals surface area contributed by atoms with Gasteiger partial charge in [0.2, 0.25) is 0 Å². The number of nitrogens with zero attached hydrogens (tertiary/aromatic N) is 3. The number of imidazole rings is 1. The number of fused-ring (bicyclic) bond motifs is 1. The highest BCUT2D eigenvalue weighted by atomic mass is 32.1. The first-order chi connectivity index (χ1) is 9.30. The van der Waals surface area contributed by atoms with Crippen molar-refractivity contribution < 1.29 is 4.74 Å². The molecule has 2 aromatic rings. The van der Waals surface area contributed by atoms with Gasteiger partial charge in [0.1, 0.15) is 0 Å². The van der Waals surface area contributed by atoms with E-state index in [1.165, 1.54) is 0 Å². The van der Waals surface area contributed by atoms with Crippen LogP contribution in [0.1, 0.15) is 18.5 Å². The van der Waals surface area contributed by atoms with Crippen molar-refractivity contribution in [2.75, 3.05) is 20.2 Å². The first-order valence-electron chi connectivity index (χ1n) is 6.68. The van der Waals surface area contributed by atoms with E-state index >= 15 is 0 Å². The minimum atomic E-state index is 0.357. The van der Waals surface area contributed by atoms with Crippen LogP contribution in [-0.2, 0) is 11.3 Å². The Hall–Kier alpha value is -0.950. The van der Waals surface area contributed by atoms with Crippen LogP contribution in [0.25, 0.3) is 4.96 Å². The van der Waals surface area contributed by atoms with E-state index < -0.39 is 0 Å². The van der Waals surface area contributed by atoms with Crippen LogP contribution >= 0.6 is 11.3 Å². The van der Waals surface area contributed by atoms with E-state index in [1.807, 2.05) is 6.20 Å². The molecule has 0 bridgehead atoms. The minimum Gasteiger partial charge on any atom is -0.381 e. The summed E-state index contributed by atoms with van der Waals surface area (Å²) in [4.78, 5) is 8.14. The predicted octanol–water partition coefficient (Wildman–Crippen LogP) is 1.33. The van der Waals surface area contributed by atoms with Gasteiger partial charge in [-0.25, -0.2) is 4.98 Å². The molecule has 0 aromatic carbocycles. The molecule has 2 unspecified atom stereocenters. The molecular formula is C13H20N4OS. The van der Waals surface area contributed by atoms with Gasteiger partial charge >= 0.3 is 0 Å². The summed E-state index contributed by atoms with van der Waals surface area (Å²) < 4.78 is 7.54. The van der Waals surface area contributed by atoms with Crippen molar-refractivity contribution in [3.05, 3.63) is 23.5 Å². The van der Waals surface area contributed by atoms with Crippen LogP contribution in [-0.4, -0.2) is 46.6 Å². The highest BCUT2D eigenvalue weighted by Gasteiger charge is 2.27. The van der Waals surface area contributed by atoms with Gasteiger partial charge in [-0.1, -0.05) is 0 Å². The fraction of sp³-hybridized carbons (Fsp3) is 0.615. The Kier molecular flexibility index (Phi) is 3.83. The molecule has 104 valence electrons. The number of likely N-dealkylation sites (tertiary alicyclic amines) is 1. The highest BCUT2D eigenvalue weighted by Crippen LogP contribution is 2.21. The van der Waals surface area contributed by atoms with Gasteiger partial charge in [-0.05, 0) is 12.8 Å². The van der Waals surface area contributed by atoms with E-state index in [-0.39, 0.29) is 0 Å². The number of hydrogen-bond donors (Lipinski definition) is 1. The lowest BCUT2D eigenvalue weighted by molar-refractivity contribution is 0.00983. The lowest BCUT2D eigenvalue weighted by Gasteiger charge is -2.38. The smallest absolute Gasteiger partial charge is 0.193 e. The summed E-state index contributed by atoms with van der Waals surface area (Å²) in [6, 6.07) is 0.401. The maximum Gasteiger partial charge on any atom is 0.193 e. The Balaban J connectivity index is 1.69. The summed E-state index contributed by atoms with van der Waals surface area (Å²) in [5.74, 6) is 0. The van der Waals surface area contributed by atoms with Crippen LogP contribution in [0.15, 0.2) is 17.8 Å². The third-order valence-electron chi connectivity index (χ3n) is 3.90. The Morgan fingerprint density at radius 3 is 3.21 bits per heavy atom. The largest absolute Gasteiger partial charge is 0.381 e. The Morgan fingerprint density at radius 2 is 2.47 bits per heavy atom. The monoisotopic (exact) mass is 280 g/mol. The number of thiazole rings is 1. The molecule has 0 aliphatic carbocycles. The van der Waals surface area contributed by atoms with Crippen molar-refractivity contribution >= 4 is 16.3 Å². The van der Waals surface area contributed by atoms with Crippen molar-refractivity contribution in [3.63, 3.8) is 0 Å². The molecule has 0 radical (unpaired) electrons. The van der Waals surface area contributed by atoms with Crippen LogP contribution < -0.4 is 5.73 Å². The minimum absolute atomic E-state index is 0.357. The zero-order valence-electron chi connectivity index (χ0n) is 11.2. The first kappa shape index (κ1) is 13.1. The van der Waals surface area contributed by atoms with E-state index in [0.717, 1.165) is 36.6 Å². The molecule has 6 heteroatoms. The van der Waals surface area contributed by atoms with Crippen molar-refractivity contribution in [2.45, 2.75) is 31.5 Å². The summed E-state index contributed by atoms with van der Waals surface area (Å²) in [5, 5.41) is 2.05. The number of methoxy groups -OCH3 is 1. The summed E-state index contributed by atoms with van der Waals surface area (Å²) in [5.41, 5.74) is 7.02. The van der Waals surface area contributed by atoms with Gasteiger partial charge in [-0.15, -0.1) is 11.3 Å². The number of nitrogens with two attached hydrogens (primary N) is 1. The number of ether oxygens (including phenoxy) is 1. The van der Waals surface area contributed by atoms with Gasteiger partial charge in [-0.3, -0.25) is 9.30 Å². The fourth-order valence-electron chi connectivity index (χ4n) is 2.79.